The average molecular weight is 535 g/mol. The first-order chi connectivity index (χ1) is 13.7. The molecule has 2 N–H and O–H groups in total. The van der Waals surface area contributed by atoms with Gasteiger partial charge in [0.05, 0.1) is 6.54 Å². The van der Waals surface area contributed by atoms with E-state index < -0.39 is 0 Å². The second kappa shape index (κ2) is 12.3. The maximum Gasteiger partial charge on any atom is 0.191 e. The largest absolute Gasteiger partial charge is 0.381 e. The number of benzene rings is 1. The van der Waals surface area contributed by atoms with Gasteiger partial charge in [-0.15, -0.1) is 24.0 Å². The van der Waals surface area contributed by atoms with Crippen LogP contribution in [0.5, 0.6) is 0 Å². The van der Waals surface area contributed by atoms with Crippen molar-refractivity contribution in [2.24, 2.45) is 4.99 Å². The van der Waals surface area contributed by atoms with Crippen LogP contribution in [-0.4, -0.2) is 62.8 Å². The van der Waals surface area contributed by atoms with E-state index >= 15 is 0 Å². The number of likely N-dealkylation sites (tertiary alicyclic amines) is 1. The number of rotatable bonds is 7. The highest BCUT2D eigenvalue weighted by Gasteiger charge is 2.34. The molecule has 2 heterocycles. The van der Waals surface area contributed by atoms with Gasteiger partial charge in [0.15, 0.2) is 5.96 Å². The first-order valence-corrected chi connectivity index (χ1v) is 11.1. The van der Waals surface area contributed by atoms with Crippen LogP contribution < -0.4 is 10.6 Å². The second-order valence-corrected chi connectivity index (χ2v) is 8.34. The molecule has 2 aliphatic heterocycles. The molecule has 0 saturated carbocycles. The molecule has 2 aliphatic rings. The zero-order valence-corrected chi connectivity index (χ0v) is 20.8. The second-order valence-electron chi connectivity index (χ2n) is 7.90. The Morgan fingerprint density at radius 3 is 2.76 bits per heavy atom. The Hall–Kier alpha value is -0.570. The van der Waals surface area contributed by atoms with Gasteiger partial charge in [-0.05, 0) is 63.4 Å². The number of guanidine groups is 1. The van der Waals surface area contributed by atoms with Crippen LogP contribution in [0.2, 0.25) is 5.02 Å². The third-order valence-corrected chi connectivity index (χ3v) is 6.42. The standard InChI is InChI=1S/C22H35ClN4O.HI/c1-3-24-21(25-16-20-9-6-12-27(20)4-2)26-17-22(10-13-28-14-11-22)18-7-5-8-19(23)15-18;/h5,7-8,15,20H,3-4,6,9-14,16-17H2,1-2H3,(H2,24,25,26);1H. The molecular weight excluding hydrogens is 499 g/mol. The Morgan fingerprint density at radius 2 is 2.07 bits per heavy atom. The molecule has 0 bridgehead atoms. The van der Waals surface area contributed by atoms with Crippen LogP contribution >= 0.6 is 35.6 Å². The third-order valence-electron chi connectivity index (χ3n) is 6.18. The summed E-state index contributed by atoms with van der Waals surface area (Å²) < 4.78 is 5.65. The molecule has 1 atom stereocenters. The molecule has 0 amide bonds. The van der Waals surface area contributed by atoms with Crippen LogP contribution in [0.4, 0.5) is 0 Å². The minimum absolute atomic E-state index is 0. The molecule has 2 fully saturated rings. The summed E-state index contributed by atoms with van der Waals surface area (Å²) in [7, 11) is 0. The summed E-state index contributed by atoms with van der Waals surface area (Å²) >= 11 is 6.29. The number of ether oxygens (including phenoxy) is 1. The van der Waals surface area contributed by atoms with E-state index in [1.807, 2.05) is 12.1 Å². The lowest BCUT2D eigenvalue weighted by Gasteiger charge is -2.37. The highest BCUT2D eigenvalue weighted by Crippen LogP contribution is 2.36. The summed E-state index contributed by atoms with van der Waals surface area (Å²) in [5, 5.41) is 7.80. The highest BCUT2D eigenvalue weighted by atomic mass is 127. The van der Waals surface area contributed by atoms with Gasteiger partial charge in [-0.2, -0.15) is 0 Å². The van der Waals surface area contributed by atoms with Gasteiger partial charge < -0.3 is 15.4 Å². The number of nitrogens with one attached hydrogen (secondary N) is 2. The van der Waals surface area contributed by atoms with Crippen molar-refractivity contribution in [3.05, 3.63) is 34.9 Å². The van der Waals surface area contributed by atoms with E-state index in [9.17, 15) is 0 Å². The number of hydrogen-bond donors (Lipinski definition) is 2. The maximum atomic E-state index is 6.29. The zero-order valence-electron chi connectivity index (χ0n) is 17.8. The summed E-state index contributed by atoms with van der Waals surface area (Å²) in [6.45, 7) is 10.8. The molecule has 3 rings (SSSR count). The average Bonchev–Trinajstić information content (AvgIpc) is 3.18. The third kappa shape index (κ3) is 6.71. The molecule has 1 unspecified atom stereocenters. The van der Waals surface area contributed by atoms with E-state index in [-0.39, 0.29) is 29.4 Å². The number of likely N-dealkylation sites (N-methyl/N-ethyl adjacent to an activating group) is 1. The van der Waals surface area contributed by atoms with Gasteiger partial charge >= 0.3 is 0 Å². The van der Waals surface area contributed by atoms with Crippen molar-refractivity contribution < 1.29 is 4.74 Å². The summed E-state index contributed by atoms with van der Waals surface area (Å²) in [5.41, 5.74) is 1.27. The number of nitrogens with zero attached hydrogens (tertiary/aromatic N) is 2. The van der Waals surface area contributed by atoms with E-state index in [2.05, 4.69) is 41.5 Å². The lowest BCUT2D eigenvalue weighted by atomic mass is 9.74. The van der Waals surface area contributed by atoms with Gasteiger partial charge in [0.25, 0.3) is 0 Å². The Morgan fingerprint density at radius 1 is 1.28 bits per heavy atom. The van der Waals surface area contributed by atoms with Gasteiger partial charge in [-0.3, -0.25) is 9.89 Å². The predicted molar refractivity (Wildman–Crippen MR) is 133 cm³/mol. The molecule has 0 radical (unpaired) electrons. The molecule has 7 heteroatoms. The molecular formula is C22H36ClIN4O. The topological polar surface area (TPSA) is 48.9 Å². The Labute approximate surface area is 198 Å². The van der Waals surface area contributed by atoms with E-state index in [1.54, 1.807) is 0 Å². The summed E-state index contributed by atoms with van der Waals surface area (Å²) in [4.78, 5) is 7.56. The van der Waals surface area contributed by atoms with Gasteiger partial charge in [-0.25, -0.2) is 0 Å². The number of aliphatic imine (C=N–C) groups is 1. The molecule has 1 aromatic carbocycles. The molecule has 164 valence electrons. The Kier molecular flexibility index (Phi) is 10.5. The zero-order chi connectivity index (χ0) is 19.8. The SMILES string of the molecule is CCNC(=NCC1(c2cccc(Cl)c2)CCOCC1)NCC1CCCN1CC.I. The summed E-state index contributed by atoms with van der Waals surface area (Å²) in [6, 6.07) is 8.87. The van der Waals surface area contributed by atoms with E-state index in [4.69, 9.17) is 21.3 Å². The van der Waals surface area contributed by atoms with Crippen molar-refractivity contribution in [1.82, 2.24) is 15.5 Å². The van der Waals surface area contributed by atoms with Gasteiger partial charge in [0, 0.05) is 42.8 Å². The minimum atomic E-state index is -0.00564. The fourth-order valence-corrected chi connectivity index (χ4v) is 4.64. The van der Waals surface area contributed by atoms with Gasteiger partial charge in [0.2, 0.25) is 0 Å². The van der Waals surface area contributed by atoms with E-state index in [0.717, 1.165) is 63.2 Å². The fraction of sp³-hybridized carbons (Fsp3) is 0.682. The Bertz CT molecular complexity index is 651. The van der Waals surface area contributed by atoms with Crippen LogP contribution in [0.1, 0.15) is 45.1 Å². The fourth-order valence-electron chi connectivity index (χ4n) is 4.45. The molecule has 0 aromatic heterocycles. The minimum Gasteiger partial charge on any atom is -0.381 e. The Balaban J connectivity index is 0.00000300. The first-order valence-electron chi connectivity index (χ1n) is 10.8. The van der Waals surface area contributed by atoms with E-state index in [0.29, 0.717) is 6.04 Å². The highest BCUT2D eigenvalue weighted by molar-refractivity contribution is 14.0. The molecule has 29 heavy (non-hydrogen) atoms. The van der Waals surface area contributed by atoms with Gasteiger partial charge in [0.1, 0.15) is 0 Å². The molecule has 0 spiro atoms. The molecule has 2 saturated heterocycles. The summed E-state index contributed by atoms with van der Waals surface area (Å²) in [5.74, 6) is 0.915. The van der Waals surface area contributed by atoms with Crippen LogP contribution in [0.15, 0.2) is 29.3 Å². The molecule has 0 aliphatic carbocycles. The smallest absolute Gasteiger partial charge is 0.191 e. The number of halogens is 2. The lowest BCUT2D eigenvalue weighted by Crippen LogP contribution is -2.46. The maximum absolute atomic E-state index is 6.29. The first kappa shape index (κ1) is 24.7. The van der Waals surface area contributed by atoms with Crippen LogP contribution in [0.3, 0.4) is 0 Å². The summed E-state index contributed by atoms with van der Waals surface area (Å²) in [6.07, 6.45) is 4.51. The van der Waals surface area contributed by atoms with Crippen molar-refractivity contribution in [3.63, 3.8) is 0 Å². The van der Waals surface area contributed by atoms with E-state index in [1.165, 1.54) is 24.9 Å². The van der Waals surface area contributed by atoms with Crippen LogP contribution in [0, 0.1) is 0 Å². The van der Waals surface area contributed by atoms with Crippen LogP contribution in [0.25, 0.3) is 0 Å². The van der Waals surface area contributed by atoms with Crippen LogP contribution in [-0.2, 0) is 10.2 Å². The van der Waals surface area contributed by atoms with Crippen molar-refractivity contribution in [2.75, 3.05) is 45.9 Å². The molecule has 1 aromatic rings. The van der Waals surface area contributed by atoms with Crippen molar-refractivity contribution >= 4 is 41.5 Å². The lowest BCUT2D eigenvalue weighted by molar-refractivity contribution is 0.0531. The van der Waals surface area contributed by atoms with Crippen molar-refractivity contribution in [3.8, 4) is 0 Å². The van der Waals surface area contributed by atoms with Crippen molar-refractivity contribution in [2.45, 2.75) is 51.0 Å². The van der Waals surface area contributed by atoms with Gasteiger partial charge in [-0.1, -0.05) is 30.7 Å². The quantitative estimate of drug-likeness (QED) is 0.315. The van der Waals surface area contributed by atoms with Crippen molar-refractivity contribution in [1.29, 1.82) is 0 Å². The normalized spacial score (nSPS) is 22.2. The molecule has 5 nitrogen and oxygen atoms in total. The monoisotopic (exact) mass is 534 g/mol. The predicted octanol–water partition coefficient (Wildman–Crippen LogP) is 4.05. The number of hydrogen-bond acceptors (Lipinski definition) is 3.